The standard InChI is InChI=1S/C23H21N3OS/c1-13(2)14-3-5-15(6-4-14)17-8-7-16-18(26-17)9-10-19-20(16)21-22(28-19)23(27)25-12-11-24-21/h3-10,13,24H,11-12H2,1-2H3,(H,25,27). The molecule has 5 rings (SSSR count). The second-order valence-electron chi connectivity index (χ2n) is 7.47. The van der Waals surface area contributed by atoms with Crippen LogP contribution in [0.5, 0.6) is 0 Å². The molecule has 1 aliphatic rings. The van der Waals surface area contributed by atoms with Crippen molar-refractivity contribution in [1.82, 2.24) is 10.3 Å². The molecule has 0 saturated heterocycles. The molecule has 2 aromatic heterocycles. The Bertz CT molecular complexity index is 1210. The molecule has 0 spiro atoms. The number of nitrogens with zero attached hydrogens (tertiary/aromatic N) is 1. The second-order valence-corrected chi connectivity index (χ2v) is 8.52. The maximum absolute atomic E-state index is 12.4. The van der Waals surface area contributed by atoms with Gasteiger partial charge in [-0.1, -0.05) is 38.1 Å². The molecule has 0 fully saturated rings. The minimum absolute atomic E-state index is 0.00386. The van der Waals surface area contributed by atoms with Crippen LogP contribution in [0.25, 0.3) is 32.2 Å². The summed E-state index contributed by atoms with van der Waals surface area (Å²) in [4.78, 5) is 18.0. The fourth-order valence-electron chi connectivity index (χ4n) is 3.77. The first-order valence-electron chi connectivity index (χ1n) is 9.60. The van der Waals surface area contributed by atoms with Gasteiger partial charge in [-0.3, -0.25) is 4.79 Å². The van der Waals surface area contributed by atoms with E-state index in [0.29, 0.717) is 12.5 Å². The van der Waals surface area contributed by atoms with Gasteiger partial charge in [0.1, 0.15) is 4.88 Å². The van der Waals surface area contributed by atoms with Gasteiger partial charge in [0, 0.05) is 34.1 Å². The summed E-state index contributed by atoms with van der Waals surface area (Å²) in [6.45, 7) is 5.77. The summed E-state index contributed by atoms with van der Waals surface area (Å²) in [6.07, 6.45) is 0. The van der Waals surface area contributed by atoms with E-state index in [4.69, 9.17) is 4.98 Å². The van der Waals surface area contributed by atoms with Gasteiger partial charge < -0.3 is 10.6 Å². The number of hydrogen-bond acceptors (Lipinski definition) is 4. The Labute approximate surface area is 167 Å². The van der Waals surface area contributed by atoms with Gasteiger partial charge in [0.15, 0.2) is 0 Å². The molecule has 4 nitrogen and oxygen atoms in total. The molecular formula is C23H21N3OS. The Kier molecular flexibility index (Phi) is 4.05. The predicted octanol–water partition coefficient (Wildman–Crippen LogP) is 5.40. The number of amides is 1. The zero-order chi connectivity index (χ0) is 19.3. The number of thiophene rings is 1. The van der Waals surface area contributed by atoms with E-state index >= 15 is 0 Å². The van der Waals surface area contributed by atoms with Crippen LogP contribution in [0.3, 0.4) is 0 Å². The number of carbonyl (C=O) groups is 1. The molecule has 0 bridgehead atoms. The highest BCUT2D eigenvalue weighted by molar-refractivity contribution is 7.21. The maximum Gasteiger partial charge on any atom is 0.263 e. The van der Waals surface area contributed by atoms with Crippen LogP contribution < -0.4 is 10.6 Å². The van der Waals surface area contributed by atoms with Crippen molar-refractivity contribution in [3.63, 3.8) is 0 Å². The fourth-order valence-corrected chi connectivity index (χ4v) is 4.88. The van der Waals surface area contributed by atoms with E-state index < -0.39 is 0 Å². The zero-order valence-corrected chi connectivity index (χ0v) is 16.7. The number of anilines is 1. The minimum atomic E-state index is 0.00386. The highest BCUT2D eigenvalue weighted by Gasteiger charge is 2.22. The molecule has 1 aliphatic heterocycles. The largest absolute Gasteiger partial charge is 0.381 e. The molecule has 3 heterocycles. The number of hydrogen-bond donors (Lipinski definition) is 2. The first-order valence-corrected chi connectivity index (χ1v) is 10.4. The molecule has 0 unspecified atom stereocenters. The average Bonchev–Trinajstić information content (AvgIpc) is 3.00. The van der Waals surface area contributed by atoms with Gasteiger partial charge in [-0.2, -0.15) is 0 Å². The van der Waals surface area contributed by atoms with Crippen LogP contribution in [0.4, 0.5) is 5.69 Å². The van der Waals surface area contributed by atoms with Crippen LogP contribution in [0.2, 0.25) is 0 Å². The Morgan fingerprint density at radius 2 is 1.75 bits per heavy atom. The van der Waals surface area contributed by atoms with Crippen molar-refractivity contribution in [1.29, 1.82) is 0 Å². The summed E-state index contributed by atoms with van der Waals surface area (Å²) in [5.41, 5.74) is 5.31. The molecule has 0 aliphatic carbocycles. The van der Waals surface area contributed by atoms with Gasteiger partial charge in [-0.15, -0.1) is 11.3 Å². The highest BCUT2D eigenvalue weighted by atomic mass is 32.1. The van der Waals surface area contributed by atoms with E-state index in [2.05, 4.69) is 73.0 Å². The van der Waals surface area contributed by atoms with Crippen molar-refractivity contribution in [3.8, 4) is 11.3 Å². The number of fused-ring (bicyclic) bond motifs is 5. The van der Waals surface area contributed by atoms with Gasteiger partial charge >= 0.3 is 0 Å². The first-order chi connectivity index (χ1) is 13.6. The molecule has 0 saturated carbocycles. The number of carbonyl (C=O) groups excluding carboxylic acids is 1. The van der Waals surface area contributed by atoms with E-state index in [1.807, 2.05) is 0 Å². The van der Waals surface area contributed by atoms with E-state index in [9.17, 15) is 4.79 Å². The smallest absolute Gasteiger partial charge is 0.263 e. The molecule has 140 valence electrons. The summed E-state index contributed by atoms with van der Waals surface area (Å²) >= 11 is 1.54. The molecule has 5 heteroatoms. The highest BCUT2D eigenvalue weighted by Crippen LogP contribution is 2.41. The van der Waals surface area contributed by atoms with E-state index in [1.165, 1.54) is 16.9 Å². The number of aromatic nitrogens is 1. The van der Waals surface area contributed by atoms with Crippen LogP contribution in [0.15, 0.2) is 48.5 Å². The summed E-state index contributed by atoms with van der Waals surface area (Å²) in [5.74, 6) is 0.523. The van der Waals surface area contributed by atoms with Gasteiger partial charge in [0.25, 0.3) is 5.91 Å². The zero-order valence-electron chi connectivity index (χ0n) is 15.9. The van der Waals surface area contributed by atoms with Gasteiger partial charge in [0.05, 0.1) is 16.9 Å². The third-order valence-electron chi connectivity index (χ3n) is 5.31. The van der Waals surface area contributed by atoms with E-state index in [0.717, 1.165) is 49.4 Å². The van der Waals surface area contributed by atoms with Crippen molar-refractivity contribution in [2.75, 3.05) is 18.4 Å². The summed E-state index contributed by atoms with van der Waals surface area (Å²) in [6, 6.07) is 17.0. The molecule has 4 aromatic rings. The predicted molar refractivity (Wildman–Crippen MR) is 117 cm³/mol. The monoisotopic (exact) mass is 387 g/mol. The Morgan fingerprint density at radius 3 is 2.54 bits per heavy atom. The summed E-state index contributed by atoms with van der Waals surface area (Å²) in [7, 11) is 0. The lowest BCUT2D eigenvalue weighted by Gasteiger charge is -2.09. The second kappa shape index (κ2) is 6.60. The average molecular weight is 388 g/mol. The van der Waals surface area contributed by atoms with Crippen LogP contribution in [-0.2, 0) is 0 Å². The lowest BCUT2D eigenvalue weighted by Crippen LogP contribution is -2.24. The van der Waals surface area contributed by atoms with Crippen LogP contribution in [0, 0.1) is 0 Å². The van der Waals surface area contributed by atoms with E-state index in [-0.39, 0.29) is 5.91 Å². The van der Waals surface area contributed by atoms with Gasteiger partial charge in [-0.25, -0.2) is 4.98 Å². The quantitative estimate of drug-likeness (QED) is 0.484. The van der Waals surface area contributed by atoms with Crippen molar-refractivity contribution < 1.29 is 4.79 Å². The Hall–Kier alpha value is -2.92. The fraction of sp³-hybridized carbons (Fsp3) is 0.217. The molecule has 2 N–H and O–H groups in total. The third kappa shape index (κ3) is 2.74. The third-order valence-corrected chi connectivity index (χ3v) is 6.47. The molecule has 1 amide bonds. The topological polar surface area (TPSA) is 54.0 Å². The maximum atomic E-state index is 12.4. The van der Waals surface area contributed by atoms with Crippen LogP contribution in [0.1, 0.15) is 35.0 Å². The number of rotatable bonds is 2. The Balaban J connectivity index is 1.66. The Morgan fingerprint density at radius 1 is 0.964 bits per heavy atom. The molecule has 0 atom stereocenters. The first kappa shape index (κ1) is 17.2. The van der Waals surface area contributed by atoms with Gasteiger partial charge in [0.2, 0.25) is 0 Å². The normalized spacial score (nSPS) is 14.0. The number of benzene rings is 2. The van der Waals surface area contributed by atoms with Crippen LogP contribution >= 0.6 is 11.3 Å². The minimum Gasteiger partial charge on any atom is -0.381 e. The summed E-state index contributed by atoms with van der Waals surface area (Å²) < 4.78 is 1.11. The molecule has 28 heavy (non-hydrogen) atoms. The van der Waals surface area contributed by atoms with E-state index in [1.54, 1.807) is 0 Å². The SMILES string of the molecule is CC(C)c1ccc(-c2ccc3c(ccc4sc5c(c43)NCCNC5=O)n2)cc1. The lowest BCUT2D eigenvalue weighted by atomic mass is 10.00. The van der Waals surface area contributed by atoms with Gasteiger partial charge in [-0.05, 0) is 35.7 Å². The van der Waals surface area contributed by atoms with Crippen molar-refractivity contribution >= 4 is 43.9 Å². The number of nitrogens with one attached hydrogen (secondary N) is 2. The lowest BCUT2D eigenvalue weighted by molar-refractivity contribution is 0.0962. The molecular weight excluding hydrogens is 366 g/mol. The van der Waals surface area contributed by atoms with Crippen LogP contribution in [-0.4, -0.2) is 24.0 Å². The number of pyridine rings is 1. The summed E-state index contributed by atoms with van der Waals surface area (Å²) in [5, 5.41) is 8.56. The van der Waals surface area contributed by atoms with Crippen molar-refractivity contribution in [3.05, 3.63) is 59.0 Å². The van der Waals surface area contributed by atoms with Crippen molar-refractivity contribution in [2.24, 2.45) is 0 Å². The molecule has 0 radical (unpaired) electrons. The molecule has 2 aromatic carbocycles. The van der Waals surface area contributed by atoms with Crippen molar-refractivity contribution in [2.45, 2.75) is 19.8 Å².